The average molecular weight is 1260 g/mol. The molecule has 0 aliphatic rings. The van der Waals surface area contributed by atoms with Crippen LogP contribution < -0.4 is 0 Å². The first-order valence-corrected chi connectivity index (χ1v) is 32.0. The predicted octanol–water partition coefficient (Wildman–Crippen LogP) is 7.23. The molecule has 4 atom stereocenters. The fourth-order valence-electron chi connectivity index (χ4n) is 9.07. The Kier molecular flexibility index (Phi) is 45.4. The summed E-state index contributed by atoms with van der Waals surface area (Å²) in [4.78, 5) is 121. The number of esters is 10. The van der Waals surface area contributed by atoms with Crippen molar-refractivity contribution in [1.82, 2.24) is 0 Å². The van der Waals surface area contributed by atoms with Crippen molar-refractivity contribution in [3.8, 4) is 0 Å². The van der Waals surface area contributed by atoms with Crippen LogP contribution in [-0.2, 0) is 95.3 Å². The van der Waals surface area contributed by atoms with Gasteiger partial charge in [-0.2, -0.15) is 0 Å². The SMILES string of the molecule is [CH2-][N+](C)(CCOC(C)=O)CC(=O)OCC(CCCCCCCCC(=O)OCCCCCCCCCCOC(=O)CCCCCCCCC(COC(=O)C[N+](C)(C)CCOC(C)=O)OC(=O)C[N+]([CH2-])(C)CCOC(C)=O)OC(=O)C[N+](C)(C)CCOC(C)=O. The molecule has 0 fully saturated rings. The molecule has 0 rings (SSSR count). The lowest BCUT2D eigenvalue weighted by Gasteiger charge is -2.36. The summed E-state index contributed by atoms with van der Waals surface area (Å²) in [7, 11) is 18.8. The van der Waals surface area contributed by atoms with Crippen molar-refractivity contribution < 1.29 is 113 Å². The fraction of sp³-hybridized carbons (Fsp3) is 0.812. The van der Waals surface area contributed by atoms with E-state index in [1.165, 1.54) is 27.7 Å². The van der Waals surface area contributed by atoms with Gasteiger partial charge in [0, 0.05) is 54.6 Å². The highest BCUT2D eigenvalue weighted by atomic mass is 16.6. The zero-order valence-electron chi connectivity index (χ0n) is 55.8. The Hall–Kier alpha value is -5.46. The Morgan fingerprint density at radius 2 is 0.568 bits per heavy atom. The minimum Gasteiger partial charge on any atom is -0.466 e. The van der Waals surface area contributed by atoms with Gasteiger partial charge >= 0.3 is 59.7 Å². The fourth-order valence-corrected chi connectivity index (χ4v) is 9.07. The van der Waals surface area contributed by atoms with Crippen molar-refractivity contribution in [3.05, 3.63) is 14.1 Å². The number of carbonyl (C=O) groups excluding carboxylic acids is 10. The van der Waals surface area contributed by atoms with Gasteiger partial charge in [-0.25, -0.2) is 19.2 Å². The topological polar surface area (TPSA) is 263 Å². The normalized spacial score (nSPS) is 13.5. The summed E-state index contributed by atoms with van der Waals surface area (Å²) in [6.07, 6.45) is 18.7. The number of hydrogen-bond acceptors (Lipinski definition) is 20. The highest BCUT2D eigenvalue weighted by molar-refractivity contribution is 5.73. The van der Waals surface area contributed by atoms with E-state index >= 15 is 0 Å². The molecular formula is C64H116N4O20+2. The number of carbonyl (C=O) groups is 10. The summed E-state index contributed by atoms with van der Waals surface area (Å²) >= 11 is 0. The standard InChI is InChI=1S/C64H116N4O20/c1-53(69)79-43-37-65(5,6)47-61(75)85-51-57(87-63(77)49-67(9,10)39-45-81-55(3)71)33-27-21-15-17-23-29-35-59(73)83-41-31-25-19-13-14-20-26-32-42-84-60(74)36-30-24-18-16-22-28-34-58(88-64(78)50-68(11,12)40-46-82-56(4)72)52-86-62(76)48-66(7,8)38-44-80-54(2)70/h57-58H,5,11,13-52H2,1-4,6-10,12H3/q+2. The number of hydrogen-bond donors (Lipinski definition) is 0. The first-order valence-electron chi connectivity index (χ1n) is 32.0. The highest BCUT2D eigenvalue weighted by Crippen LogP contribution is 2.17. The van der Waals surface area contributed by atoms with E-state index in [4.69, 9.17) is 47.4 Å². The van der Waals surface area contributed by atoms with Crippen molar-refractivity contribution >= 4 is 59.7 Å². The van der Waals surface area contributed by atoms with Crippen LogP contribution in [0.4, 0.5) is 0 Å². The van der Waals surface area contributed by atoms with E-state index in [2.05, 4.69) is 14.1 Å². The summed E-state index contributed by atoms with van der Waals surface area (Å²) in [5, 5.41) is 0. The zero-order chi connectivity index (χ0) is 66.3. The third-order valence-corrected chi connectivity index (χ3v) is 14.3. The van der Waals surface area contributed by atoms with Gasteiger partial charge in [-0.3, -0.25) is 28.8 Å². The number of quaternary nitrogens is 4. The molecule has 0 aromatic rings. The molecule has 510 valence electrons. The van der Waals surface area contributed by atoms with Crippen LogP contribution in [0, 0.1) is 14.1 Å². The molecule has 0 aliphatic heterocycles. The molecule has 0 spiro atoms. The van der Waals surface area contributed by atoms with E-state index in [1.54, 1.807) is 14.1 Å². The van der Waals surface area contributed by atoms with Gasteiger partial charge in [0.2, 0.25) is 0 Å². The molecule has 4 unspecified atom stereocenters. The monoisotopic (exact) mass is 1260 g/mol. The highest BCUT2D eigenvalue weighted by Gasteiger charge is 2.28. The summed E-state index contributed by atoms with van der Waals surface area (Å²) < 4.78 is 54.1. The first-order chi connectivity index (χ1) is 41.4. The molecule has 0 N–H and O–H groups in total. The molecule has 0 aromatic carbocycles. The summed E-state index contributed by atoms with van der Waals surface area (Å²) in [6.45, 7) is 7.87. The van der Waals surface area contributed by atoms with Crippen LogP contribution in [0.15, 0.2) is 0 Å². The maximum atomic E-state index is 13.0. The Bertz CT molecular complexity index is 1890. The van der Waals surface area contributed by atoms with Gasteiger partial charge < -0.3 is 65.3 Å². The first kappa shape index (κ1) is 82.5. The second kappa shape index (κ2) is 48.4. The smallest absolute Gasteiger partial charge is 0.362 e. The van der Waals surface area contributed by atoms with Crippen LogP contribution in [0.5, 0.6) is 0 Å². The van der Waals surface area contributed by atoms with E-state index < -0.39 is 60.0 Å². The number of ether oxygens (including phenoxy) is 10. The summed E-state index contributed by atoms with van der Waals surface area (Å²) in [6, 6.07) is 0. The largest absolute Gasteiger partial charge is 0.466 e. The van der Waals surface area contributed by atoms with Crippen LogP contribution >= 0.6 is 0 Å². The van der Waals surface area contributed by atoms with Crippen molar-refractivity contribution in [2.75, 3.05) is 147 Å². The van der Waals surface area contributed by atoms with E-state index in [9.17, 15) is 47.9 Å². The van der Waals surface area contributed by atoms with Crippen LogP contribution in [0.3, 0.4) is 0 Å². The van der Waals surface area contributed by atoms with Gasteiger partial charge in [0.1, 0.15) is 64.9 Å². The molecule has 0 saturated carbocycles. The number of nitrogens with zero attached hydrogens (tertiary/aromatic N) is 4. The Balaban J connectivity index is 4.32. The molecule has 0 bridgehead atoms. The Morgan fingerprint density at radius 3 is 0.920 bits per heavy atom. The minimum atomic E-state index is -0.657. The average Bonchev–Trinajstić information content (AvgIpc) is 3.50. The second-order valence-electron chi connectivity index (χ2n) is 25.2. The lowest BCUT2D eigenvalue weighted by atomic mass is 10.1. The molecule has 0 aliphatic carbocycles. The van der Waals surface area contributed by atoms with E-state index in [1.807, 2.05) is 28.2 Å². The van der Waals surface area contributed by atoms with Gasteiger partial charge in [0.05, 0.1) is 54.5 Å². The Morgan fingerprint density at radius 1 is 0.295 bits per heavy atom. The molecule has 0 aromatic heterocycles. The third kappa shape index (κ3) is 53.6. The molecule has 0 radical (unpaired) electrons. The van der Waals surface area contributed by atoms with Crippen molar-refractivity contribution in [1.29, 1.82) is 0 Å². The van der Waals surface area contributed by atoms with Crippen LogP contribution in [0.25, 0.3) is 0 Å². The molecule has 0 heterocycles. The van der Waals surface area contributed by atoms with Crippen molar-refractivity contribution in [2.45, 2.75) is 194 Å². The zero-order valence-corrected chi connectivity index (χ0v) is 55.8. The molecule has 24 nitrogen and oxygen atoms in total. The van der Waals surface area contributed by atoms with Gasteiger partial charge in [-0.05, 0) is 51.4 Å². The maximum Gasteiger partial charge on any atom is 0.362 e. The predicted molar refractivity (Wildman–Crippen MR) is 327 cm³/mol. The van der Waals surface area contributed by atoms with Crippen LogP contribution in [-0.4, -0.2) is 237 Å². The number of unbranched alkanes of at least 4 members (excludes halogenated alkanes) is 17. The lowest BCUT2D eigenvalue weighted by molar-refractivity contribution is -0.883. The number of likely N-dealkylation sites (N-methyl/N-ethyl adjacent to an activating group) is 4. The lowest BCUT2D eigenvalue weighted by Crippen LogP contribution is -2.47. The van der Waals surface area contributed by atoms with Gasteiger partial charge in [0.15, 0.2) is 26.2 Å². The summed E-state index contributed by atoms with van der Waals surface area (Å²) in [5.41, 5.74) is 0. The third-order valence-electron chi connectivity index (χ3n) is 14.3. The summed E-state index contributed by atoms with van der Waals surface area (Å²) in [5.74, 6) is -3.92. The van der Waals surface area contributed by atoms with Crippen LogP contribution in [0.1, 0.15) is 182 Å². The Labute approximate surface area is 526 Å². The molecule has 0 amide bonds. The maximum absolute atomic E-state index is 13.0. The van der Waals surface area contributed by atoms with Crippen molar-refractivity contribution in [2.24, 2.45) is 0 Å². The van der Waals surface area contributed by atoms with Crippen LogP contribution in [0.2, 0.25) is 0 Å². The van der Waals surface area contributed by atoms with Gasteiger partial charge in [-0.1, -0.05) is 89.9 Å². The minimum absolute atomic E-state index is 0.00165. The number of rotatable bonds is 55. The second-order valence-corrected chi connectivity index (χ2v) is 25.2. The van der Waals surface area contributed by atoms with Crippen molar-refractivity contribution in [3.63, 3.8) is 0 Å². The van der Waals surface area contributed by atoms with Gasteiger partial charge in [0.25, 0.3) is 0 Å². The molecule has 24 heteroatoms. The van der Waals surface area contributed by atoms with E-state index in [0.29, 0.717) is 65.1 Å². The van der Waals surface area contributed by atoms with E-state index in [-0.39, 0.29) is 95.7 Å². The van der Waals surface area contributed by atoms with E-state index in [0.717, 1.165) is 128 Å². The quantitative estimate of drug-likeness (QED) is 0.0191. The molecular weight excluding hydrogens is 1140 g/mol. The molecule has 88 heavy (non-hydrogen) atoms. The van der Waals surface area contributed by atoms with Gasteiger partial charge in [-0.15, -0.1) is 14.1 Å². The molecule has 0 saturated heterocycles.